The summed E-state index contributed by atoms with van der Waals surface area (Å²) in [6.07, 6.45) is 0.774. The Bertz CT molecular complexity index is 431. The van der Waals surface area contributed by atoms with Crippen molar-refractivity contribution in [2.75, 3.05) is 20.8 Å². The van der Waals surface area contributed by atoms with E-state index < -0.39 is 0 Å². The summed E-state index contributed by atoms with van der Waals surface area (Å²) in [5.41, 5.74) is 0.919. The van der Waals surface area contributed by atoms with E-state index >= 15 is 0 Å². The van der Waals surface area contributed by atoms with Gasteiger partial charge in [0.05, 0.1) is 14.2 Å². The van der Waals surface area contributed by atoms with Crippen molar-refractivity contribution in [3.8, 4) is 11.5 Å². The van der Waals surface area contributed by atoms with Gasteiger partial charge in [0.15, 0.2) is 11.5 Å². The second-order valence-electron chi connectivity index (χ2n) is 4.96. The van der Waals surface area contributed by atoms with Crippen molar-refractivity contribution in [3.05, 3.63) is 33.9 Å². The fourth-order valence-electron chi connectivity index (χ4n) is 2.17. The highest BCUT2D eigenvalue weighted by Crippen LogP contribution is 2.33. The minimum Gasteiger partial charge on any atom is -0.493 e. The first-order chi connectivity index (χ1) is 8.97. The Morgan fingerprint density at radius 3 is 2.32 bits per heavy atom. The number of benzene rings is 1. The van der Waals surface area contributed by atoms with Gasteiger partial charge in [0.25, 0.3) is 0 Å². The number of nitro groups is 1. The second-order valence-corrected chi connectivity index (χ2v) is 4.96. The van der Waals surface area contributed by atoms with Crippen LogP contribution in [0.3, 0.4) is 0 Å². The third-order valence-corrected chi connectivity index (χ3v) is 3.00. The molecule has 0 aromatic heterocycles. The quantitative estimate of drug-likeness (QED) is 0.562. The molecule has 19 heavy (non-hydrogen) atoms. The van der Waals surface area contributed by atoms with E-state index in [4.69, 9.17) is 9.47 Å². The van der Waals surface area contributed by atoms with Gasteiger partial charge in [-0.1, -0.05) is 19.9 Å². The largest absolute Gasteiger partial charge is 0.493 e. The molecule has 0 aliphatic rings. The smallest absolute Gasteiger partial charge is 0.210 e. The van der Waals surface area contributed by atoms with Crippen LogP contribution in [0.2, 0.25) is 0 Å². The van der Waals surface area contributed by atoms with Gasteiger partial charge in [0.2, 0.25) is 6.54 Å². The zero-order valence-electron chi connectivity index (χ0n) is 11.9. The molecule has 0 aliphatic carbocycles. The topological polar surface area (TPSA) is 61.6 Å². The lowest BCUT2D eigenvalue weighted by Gasteiger charge is -2.17. The maximum atomic E-state index is 10.8. The Morgan fingerprint density at radius 2 is 1.84 bits per heavy atom. The molecule has 1 aromatic carbocycles. The zero-order valence-corrected chi connectivity index (χ0v) is 11.9. The molecular weight excluding hydrogens is 246 g/mol. The molecule has 1 atom stereocenters. The molecule has 5 nitrogen and oxygen atoms in total. The predicted molar refractivity (Wildman–Crippen MR) is 73.6 cm³/mol. The van der Waals surface area contributed by atoms with E-state index in [0.29, 0.717) is 17.4 Å². The highest BCUT2D eigenvalue weighted by molar-refractivity contribution is 5.43. The van der Waals surface area contributed by atoms with Crippen LogP contribution in [0.25, 0.3) is 0 Å². The summed E-state index contributed by atoms with van der Waals surface area (Å²) in [5.74, 6) is 1.54. The molecule has 0 radical (unpaired) electrons. The molecule has 1 unspecified atom stereocenters. The van der Waals surface area contributed by atoms with Gasteiger partial charge in [0, 0.05) is 10.8 Å². The van der Waals surface area contributed by atoms with E-state index in [-0.39, 0.29) is 17.4 Å². The van der Waals surface area contributed by atoms with Crippen LogP contribution in [0.1, 0.15) is 31.7 Å². The minimum absolute atomic E-state index is 0.0618. The van der Waals surface area contributed by atoms with Crippen molar-refractivity contribution in [2.45, 2.75) is 26.2 Å². The van der Waals surface area contributed by atoms with Crippen LogP contribution in [-0.4, -0.2) is 25.7 Å². The lowest BCUT2D eigenvalue weighted by Crippen LogP contribution is -2.14. The average molecular weight is 267 g/mol. The molecule has 0 saturated carbocycles. The highest BCUT2D eigenvalue weighted by Gasteiger charge is 2.20. The van der Waals surface area contributed by atoms with Gasteiger partial charge in [-0.05, 0) is 30.0 Å². The number of hydrogen-bond donors (Lipinski definition) is 0. The maximum Gasteiger partial charge on any atom is 0.210 e. The number of methoxy groups -OCH3 is 2. The molecule has 5 heteroatoms. The molecule has 106 valence electrons. The van der Waals surface area contributed by atoms with E-state index in [2.05, 4.69) is 13.8 Å². The van der Waals surface area contributed by atoms with E-state index in [1.807, 2.05) is 12.1 Å². The second kappa shape index (κ2) is 6.97. The van der Waals surface area contributed by atoms with Gasteiger partial charge in [-0.15, -0.1) is 0 Å². The van der Waals surface area contributed by atoms with Gasteiger partial charge < -0.3 is 9.47 Å². The molecule has 0 saturated heterocycles. The van der Waals surface area contributed by atoms with Crippen LogP contribution in [0.15, 0.2) is 18.2 Å². The van der Waals surface area contributed by atoms with Crippen LogP contribution in [-0.2, 0) is 0 Å². The average Bonchev–Trinajstić information content (AvgIpc) is 2.36. The summed E-state index contributed by atoms with van der Waals surface area (Å²) in [5, 5.41) is 10.8. The Kier molecular flexibility index (Phi) is 5.60. The summed E-state index contributed by atoms with van der Waals surface area (Å²) in [6, 6.07) is 5.49. The van der Waals surface area contributed by atoms with Crippen molar-refractivity contribution >= 4 is 0 Å². The Morgan fingerprint density at radius 1 is 1.21 bits per heavy atom. The van der Waals surface area contributed by atoms with Crippen LogP contribution in [0.5, 0.6) is 11.5 Å². The fourth-order valence-corrected chi connectivity index (χ4v) is 2.17. The first-order valence-electron chi connectivity index (χ1n) is 6.31. The highest BCUT2D eigenvalue weighted by atomic mass is 16.6. The third kappa shape index (κ3) is 4.43. The van der Waals surface area contributed by atoms with Crippen molar-refractivity contribution in [1.29, 1.82) is 0 Å². The number of rotatable bonds is 7. The fraction of sp³-hybridized carbons (Fsp3) is 0.571. The zero-order chi connectivity index (χ0) is 14.4. The van der Waals surface area contributed by atoms with Gasteiger partial charge in [0.1, 0.15) is 0 Å². The van der Waals surface area contributed by atoms with Crippen molar-refractivity contribution in [2.24, 2.45) is 5.92 Å². The number of nitrogens with zero attached hydrogens (tertiary/aromatic N) is 1. The lowest BCUT2D eigenvalue weighted by molar-refractivity contribution is -0.483. The van der Waals surface area contributed by atoms with Gasteiger partial charge in [-0.3, -0.25) is 10.1 Å². The summed E-state index contributed by atoms with van der Waals surface area (Å²) >= 11 is 0. The van der Waals surface area contributed by atoms with E-state index in [9.17, 15) is 10.1 Å². The van der Waals surface area contributed by atoms with Crippen molar-refractivity contribution in [3.63, 3.8) is 0 Å². The Labute approximate surface area is 113 Å². The maximum absolute atomic E-state index is 10.8. The molecule has 0 N–H and O–H groups in total. The first-order valence-corrected chi connectivity index (χ1v) is 6.31. The first kappa shape index (κ1) is 15.3. The molecule has 1 aromatic rings. The predicted octanol–water partition coefficient (Wildman–Crippen LogP) is 3.11. The van der Waals surface area contributed by atoms with Crippen molar-refractivity contribution < 1.29 is 14.4 Å². The molecule has 0 aliphatic heterocycles. The molecule has 0 heterocycles. The SMILES string of the molecule is COc1ccc(C(CC(C)C)C[N+](=O)[O-])cc1OC. The normalized spacial score (nSPS) is 12.3. The molecule has 0 amide bonds. The van der Waals surface area contributed by atoms with E-state index in [1.54, 1.807) is 20.3 Å². The Balaban J connectivity index is 3.04. The summed E-state index contributed by atoms with van der Waals surface area (Å²) < 4.78 is 10.4. The molecule has 1 rings (SSSR count). The lowest BCUT2D eigenvalue weighted by atomic mass is 9.90. The van der Waals surface area contributed by atoms with Gasteiger partial charge in [-0.2, -0.15) is 0 Å². The summed E-state index contributed by atoms with van der Waals surface area (Å²) in [7, 11) is 3.13. The molecule has 0 fully saturated rings. The van der Waals surface area contributed by atoms with Crippen molar-refractivity contribution in [1.82, 2.24) is 0 Å². The standard InChI is InChI=1S/C14H21NO4/c1-10(2)7-12(9-15(16)17)11-5-6-13(18-3)14(8-11)19-4/h5-6,8,10,12H,7,9H2,1-4H3. The van der Waals surface area contributed by atoms with Crippen LogP contribution >= 0.6 is 0 Å². The van der Waals surface area contributed by atoms with Crippen LogP contribution in [0, 0.1) is 16.0 Å². The summed E-state index contributed by atoms with van der Waals surface area (Å²) in [6.45, 7) is 4.06. The number of ether oxygens (including phenoxy) is 2. The van der Waals surface area contributed by atoms with E-state index in [1.165, 1.54) is 0 Å². The van der Waals surface area contributed by atoms with Crippen LogP contribution < -0.4 is 9.47 Å². The van der Waals surface area contributed by atoms with Gasteiger partial charge >= 0.3 is 0 Å². The number of hydrogen-bond acceptors (Lipinski definition) is 4. The summed E-state index contributed by atoms with van der Waals surface area (Å²) in [4.78, 5) is 10.5. The Hall–Kier alpha value is -1.78. The van der Waals surface area contributed by atoms with Crippen LogP contribution in [0.4, 0.5) is 0 Å². The molecule has 0 spiro atoms. The monoisotopic (exact) mass is 267 g/mol. The van der Waals surface area contributed by atoms with Gasteiger partial charge in [-0.25, -0.2) is 0 Å². The minimum atomic E-state index is -0.260. The third-order valence-electron chi connectivity index (χ3n) is 3.00. The molecule has 0 bridgehead atoms. The molecular formula is C14H21NO4. The van der Waals surface area contributed by atoms with E-state index in [0.717, 1.165) is 12.0 Å².